The van der Waals surface area contributed by atoms with Gasteiger partial charge in [-0.25, -0.2) is 14.4 Å². The van der Waals surface area contributed by atoms with Crippen LogP contribution in [0.1, 0.15) is 31.1 Å². The van der Waals surface area contributed by atoms with E-state index in [0.717, 1.165) is 0 Å². The molecule has 0 aliphatic carbocycles. The molecule has 0 aliphatic rings. The Balaban J connectivity index is 2.61. The summed E-state index contributed by atoms with van der Waals surface area (Å²) in [5.41, 5.74) is 0.335. The van der Waals surface area contributed by atoms with E-state index in [1.165, 1.54) is 18.2 Å². The summed E-state index contributed by atoms with van der Waals surface area (Å²) in [5.74, 6) is -0.113. The van der Waals surface area contributed by atoms with Crippen LogP contribution < -0.4 is 0 Å². The van der Waals surface area contributed by atoms with Gasteiger partial charge in [0, 0.05) is 28.9 Å². The summed E-state index contributed by atoms with van der Waals surface area (Å²) in [6, 6.07) is 5.75. The molecule has 0 radical (unpaired) electrons. The molecule has 1 heterocycles. The topological polar surface area (TPSA) is 42.9 Å². The van der Waals surface area contributed by atoms with Gasteiger partial charge in [0.2, 0.25) is 0 Å². The van der Waals surface area contributed by atoms with Crippen molar-refractivity contribution in [2.45, 2.75) is 20.8 Å². The fourth-order valence-corrected chi connectivity index (χ4v) is 1.74. The highest BCUT2D eigenvalue weighted by Gasteiger charge is 2.26. The van der Waals surface area contributed by atoms with Gasteiger partial charge in [-0.3, -0.25) is 4.79 Å². The first-order valence-electron chi connectivity index (χ1n) is 6.01. The highest BCUT2D eigenvalue weighted by atomic mass is 19.1. The lowest BCUT2D eigenvalue weighted by atomic mass is 9.84. The van der Waals surface area contributed by atoms with E-state index in [0.29, 0.717) is 17.0 Å². The molecule has 2 rings (SSSR count). The van der Waals surface area contributed by atoms with Crippen LogP contribution in [0.2, 0.25) is 0 Å². The number of Topliss-reactive ketones (excluding diaryl/α,β-unsaturated/α-hetero) is 1. The largest absolute Gasteiger partial charge is 0.294 e. The zero-order valence-electron chi connectivity index (χ0n) is 11.1. The van der Waals surface area contributed by atoms with Crippen molar-refractivity contribution < 1.29 is 9.18 Å². The molecule has 1 aromatic heterocycles. The molecular formula is C15H15FN2O. The molecule has 0 N–H and O–H groups in total. The Labute approximate surface area is 111 Å². The molecule has 0 aliphatic heterocycles. The summed E-state index contributed by atoms with van der Waals surface area (Å²) in [6.45, 7) is 5.48. The molecule has 98 valence electrons. The number of nitrogens with zero attached hydrogens (tertiary/aromatic N) is 2. The average molecular weight is 258 g/mol. The number of carbonyl (C=O) groups is 1. The van der Waals surface area contributed by atoms with Crippen molar-refractivity contribution in [1.82, 2.24) is 9.97 Å². The monoisotopic (exact) mass is 258 g/mol. The molecule has 0 amide bonds. The smallest absolute Gasteiger partial charge is 0.168 e. The molecule has 0 fully saturated rings. The number of rotatable bonds is 2. The van der Waals surface area contributed by atoms with Crippen molar-refractivity contribution in [3.05, 3.63) is 48.0 Å². The van der Waals surface area contributed by atoms with E-state index >= 15 is 0 Å². The number of aromatic nitrogens is 2. The Morgan fingerprint density at radius 3 is 2.37 bits per heavy atom. The molecule has 0 saturated heterocycles. The van der Waals surface area contributed by atoms with E-state index in [2.05, 4.69) is 9.97 Å². The lowest BCUT2D eigenvalue weighted by molar-refractivity contribution is 0.0859. The fourth-order valence-electron chi connectivity index (χ4n) is 1.74. The summed E-state index contributed by atoms with van der Waals surface area (Å²) < 4.78 is 13.4. The number of hydrogen-bond donors (Lipinski definition) is 0. The molecule has 0 unspecified atom stereocenters. The molecular weight excluding hydrogens is 243 g/mol. The fraction of sp³-hybridized carbons (Fsp3) is 0.267. The normalized spacial score (nSPS) is 11.4. The predicted octanol–water partition coefficient (Wildman–Crippen LogP) is 3.51. The predicted molar refractivity (Wildman–Crippen MR) is 71.2 cm³/mol. The Morgan fingerprint density at radius 2 is 1.79 bits per heavy atom. The van der Waals surface area contributed by atoms with Crippen LogP contribution in [0.5, 0.6) is 0 Å². The summed E-state index contributed by atoms with van der Waals surface area (Å²) >= 11 is 0. The Bertz CT molecular complexity index is 603. The van der Waals surface area contributed by atoms with Crippen molar-refractivity contribution in [2.75, 3.05) is 0 Å². The van der Waals surface area contributed by atoms with Crippen molar-refractivity contribution in [3.8, 4) is 11.4 Å². The minimum absolute atomic E-state index is 0.0602. The third kappa shape index (κ3) is 2.84. The van der Waals surface area contributed by atoms with Crippen molar-refractivity contribution in [3.63, 3.8) is 0 Å². The molecule has 4 heteroatoms. The van der Waals surface area contributed by atoms with Gasteiger partial charge in [0.15, 0.2) is 11.6 Å². The Morgan fingerprint density at radius 1 is 1.16 bits per heavy atom. The molecule has 0 saturated carbocycles. The number of halogens is 1. The number of benzene rings is 1. The Hall–Kier alpha value is -2.10. The van der Waals surface area contributed by atoms with E-state index in [-0.39, 0.29) is 5.78 Å². The van der Waals surface area contributed by atoms with Crippen LogP contribution in [0.15, 0.2) is 36.7 Å². The van der Waals surface area contributed by atoms with Gasteiger partial charge in [-0.15, -0.1) is 0 Å². The summed E-state index contributed by atoms with van der Waals surface area (Å²) in [7, 11) is 0. The quantitative estimate of drug-likeness (QED) is 0.774. The summed E-state index contributed by atoms with van der Waals surface area (Å²) in [5, 5.41) is 0. The van der Waals surface area contributed by atoms with Crippen LogP contribution in [0.25, 0.3) is 11.4 Å². The zero-order chi connectivity index (χ0) is 14.0. The number of carbonyl (C=O) groups excluding carboxylic acids is 1. The van der Waals surface area contributed by atoms with Gasteiger partial charge >= 0.3 is 0 Å². The van der Waals surface area contributed by atoms with Crippen molar-refractivity contribution in [1.29, 1.82) is 0 Å². The third-order valence-corrected chi connectivity index (χ3v) is 2.71. The highest BCUT2D eigenvalue weighted by molar-refractivity contribution is 6.04. The first-order valence-corrected chi connectivity index (χ1v) is 6.01. The third-order valence-electron chi connectivity index (χ3n) is 2.71. The van der Waals surface area contributed by atoms with Gasteiger partial charge in [-0.1, -0.05) is 20.8 Å². The van der Waals surface area contributed by atoms with Gasteiger partial charge < -0.3 is 0 Å². The van der Waals surface area contributed by atoms with Gasteiger partial charge in [-0.05, 0) is 24.3 Å². The van der Waals surface area contributed by atoms with Crippen molar-refractivity contribution in [2.24, 2.45) is 5.41 Å². The maximum absolute atomic E-state index is 13.4. The van der Waals surface area contributed by atoms with Gasteiger partial charge in [0.1, 0.15) is 5.82 Å². The maximum Gasteiger partial charge on any atom is 0.168 e. The van der Waals surface area contributed by atoms with Crippen LogP contribution in [0.4, 0.5) is 4.39 Å². The zero-order valence-corrected chi connectivity index (χ0v) is 11.1. The standard InChI is InChI=1S/C15H15FN2O/c1-15(2,3)13(19)11-6-5-10(16)9-12(11)14-17-7-4-8-18-14/h4-9H,1-3H3. The summed E-state index contributed by atoms with van der Waals surface area (Å²) in [6.07, 6.45) is 3.14. The van der Waals surface area contributed by atoms with Crippen LogP contribution in [0.3, 0.4) is 0 Å². The molecule has 2 aromatic rings. The van der Waals surface area contributed by atoms with Crippen molar-refractivity contribution >= 4 is 5.78 Å². The first-order chi connectivity index (χ1) is 8.89. The van der Waals surface area contributed by atoms with E-state index in [1.807, 2.05) is 20.8 Å². The van der Waals surface area contributed by atoms with E-state index in [1.54, 1.807) is 18.5 Å². The van der Waals surface area contributed by atoms with Crippen LogP contribution in [-0.2, 0) is 0 Å². The molecule has 0 bridgehead atoms. The number of ketones is 1. The molecule has 19 heavy (non-hydrogen) atoms. The van der Waals surface area contributed by atoms with Crippen LogP contribution in [0, 0.1) is 11.2 Å². The molecule has 0 spiro atoms. The second kappa shape index (κ2) is 4.88. The lowest BCUT2D eigenvalue weighted by Gasteiger charge is -2.18. The molecule has 3 nitrogen and oxygen atoms in total. The minimum Gasteiger partial charge on any atom is -0.294 e. The second-order valence-electron chi connectivity index (χ2n) is 5.34. The van der Waals surface area contributed by atoms with Gasteiger partial charge in [0.05, 0.1) is 0 Å². The molecule has 1 aromatic carbocycles. The Kier molecular flexibility index (Phi) is 3.42. The summed E-state index contributed by atoms with van der Waals surface area (Å²) in [4.78, 5) is 20.6. The van der Waals surface area contributed by atoms with Crippen LogP contribution >= 0.6 is 0 Å². The first kappa shape index (κ1) is 13.3. The number of hydrogen-bond acceptors (Lipinski definition) is 3. The van der Waals surface area contributed by atoms with E-state index < -0.39 is 11.2 Å². The van der Waals surface area contributed by atoms with Gasteiger partial charge in [-0.2, -0.15) is 0 Å². The highest BCUT2D eigenvalue weighted by Crippen LogP contribution is 2.28. The molecule has 0 atom stereocenters. The van der Waals surface area contributed by atoms with E-state index in [4.69, 9.17) is 0 Å². The minimum atomic E-state index is -0.540. The maximum atomic E-state index is 13.4. The lowest BCUT2D eigenvalue weighted by Crippen LogP contribution is -2.21. The average Bonchev–Trinajstić information content (AvgIpc) is 2.38. The van der Waals surface area contributed by atoms with Crippen LogP contribution in [-0.4, -0.2) is 15.8 Å². The van der Waals surface area contributed by atoms with E-state index in [9.17, 15) is 9.18 Å². The van der Waals surface area contributed by atoms with Gasteiger partial charge in [0.25, 0.3) is 0 Å². The second-order valence-corrected chi connectivity index (χ2v) is 5.34. The SMILES string of the molecule is CC(C)(C)C(=O)c1ccc(F)cc1-c1ncccn1.